The minimum Gasteiger partial charge on any atom is -0.354 e. The molecule has 1 fully saturated rings. The highest BCUT2D eigenvalue weighted by Gasteiger charge is 2.24. The number of hydrogen-bond acceptors (Lipinski definition) is 5. The van der Waals surface area contributed by atoms with Crippen molar-refractivity contribution in [3.05, 3.63) is 66.6 Å². The number of hydrogen-bond donors (Lipinski definition) is 0. The monoisotopic (exact) mass is 348 g/mol. The van der Waals surface area contributed by atoms with Gasteiger partial charge < -0.3 is 4.90 Å². The first-order valence-corrected chi connectivity index (χ1v) is 9.11. The molecule has 0 unspecified atom stereocenters. The number of rotatable bonds is 5. The molecule has 1 atom stereocenters. The average Bonchev–Trinajstić information content (AvgIpc) is 3.24. The molecular formula is C20H24N6. The maximum absolute atomic E-state index is 4.28. The lowest BCUT2D eigenvalue weighted by molar-refractivity contribution is 0.207. The number of nitrogens with zero attached hydrogens (tertiary/aromatic N) is 6. The van der Waals surface area contributed by atoms with Crippen molar-refractivity contribution in [2.75, 3.05) is 25.0 Å². The van der Waals surface area contributed by atoms with E-state index in [2.05, 4.69) is 56.4 Å². The molecule has 0 saturated carbocycles. The van der Waals surface area contributed by atoms with Crippen LogP contribution >= 0.6 is 0 Å². The summed E-state index contributed by atoms with van der Waals surface area (Å²) in [6, 6.07) is 15.1. The summed E-state index contributed by atoms with van der Waals surface area (Å²) in [6.07, 6.45) is 7.89. The van der Waals surface area contributed by atoms with E-state index in [0.29, 0.717) is 6.04 Å². The van der Waals surface area contributed by atoms with Crippen molar-refractivity contribution < 1.29 is 0 Å². The van der Waals surface area contributed by atoms with E-state index in [1.54, 1.807) is 12.4 Å². The Morgan fingerprint density at radius 1 is 1.12 bits per heavy atom. The van der Waals surface area contributed by atoms with Crippen molar-refractivity contribution in [3.63, 3.8) is 0 Å². The zero-order chi connectivity index (χ0) is 17.8. The Bertz CT molecular complexity index is 800. The second kappa shape index (κ2) is 7.66. The molecule has 3 aromatic rings. The zero-order valence-electron chi connectivity index (χ0n) is 15.1. The Hall–Kier alpha value is -2.73. The van der Waals surface area contributed by atoms with Crippen LogP contribution in [0.2, 0.25) is 0 Å². The Balaban J connectivity index is 1.39. The normalized spacial score (nSPS) is 17.6. The molecule has 4 rings (SSSR count). The summed E-state index contributed by atoms with van der Waals surface area (Å²) in [5, 5.41) is 12.6. The molecule has 0 N–H and O–H groups in total. The van der Waals surface area contributed by atoms with Crippen molar-refractivity contribution >= 4 is 5.82 Å². The minimum absolute atomic E-state index is 0.525. The van der Waals surface area contributed by atoms with Crippen molar-refractivity contribution in [1.82, 2.24) is 24.9 Å². The number of aromatic nitrogens is 4. The lowest BCUT2D eigenvalue weighted by Crippen LogP contribution is -2.46. The number of likely N-dealkylation sites (N-methyl/N-ethyl adjacent to an activating group) is 1. The van der Waals surface area contributed by atoms with Gasteiger partial charge in [0.15, 0.2) is 5.82 Å². The van der Waals surface area contributed by atoms with Gasteiger partial charge in [0.2, 0.25) is 0 Å². The molecule has 6 nitrogen and oxygen atoms in total. The van der Waals surface area contributed by atoms with Gasteiger partial charge in [-0.3, -0.25) is 4.90 Å². The number of benzene rings is 1. The largest absolute Gasteiger partial charge is 0.354 e. The molecule has 0 aliphatic carbocycles. The molecule has 0 amide bonds. The molecule has 1 aliphatic rings. The van der Waals surface area contributed by atoms with Gasteiger partial charge >= 0.3 is 0 Å². The summed E-state index contributed by atoms with van der Waals surface area (Å²) in [7, 11) is 2.21. The van der Waals surface area contributed by atoms with Gasteiger partial charge in [0, 0.05) is 44.3 Å². The Morgan fingerprint density at radius 3 is 2.73 bits per heavy atom. The Morgan fingerprint density at radius 2 is 2.00 bits per heavy atom. The Labute approximate surface area is 154 Å². The van der Waals surface area contributed by atoms with Gasteiger partial charge in [0.05, 0.1) is 5.69 Å². The lowest BCUT2D eigenvalue weighted by atomic mass is 10.0. The first-order chi connectivity index (χ1) is 12.8. The van der Waals surface area contributed by atoms with E-state index in [1.807, 2.05) is 29.1 Å². The van der Waals surface area contributed by atoms with Gasteiger partial charge in [-0.1, -0.05) is 12.1 Å². The molecule has 6 heteroatoms. The topological polar surface area (TPSA) is 50.1 Å². The summed E-state index contributed by atoms with van der Waals surface area (Å²) >= 11 is 0. The molecule has 1 aromatic carbocycles. The quantitative estimate of drug-likeness (QED) is 0.710. The fraction of sp³-hybridized carbons (Fsp3) is 0.350. The first-order valence-electron chi connectivity index (χ1n) is 9.11. The molecule has 3 heterocycles. The molecule has 2 aromatic heterocycles. The molecule has 0 spiro atoms. The Kier molecular flexibility index (Phi) is 4.93. The number of piperidine rings is 1. The predicted molar refractivity (Wildman–Crippen MR) is 102 cm³/mol. The standard InChI is InChI=1S/C20H24N6/c1-24(15-17-7-9-18(10-8-17)26-14-4-12-22-26)19-5-3-13-25(16-19)20-6-2-11-21-23-20/h2,4,6-12,14,19H,3,5,13,15-16H2,1H3/t19-/m0/s1. The van der Waals surface area contributed by atoms with E-state index >= 15 is 0 Å². The fourth-order valence-corrected chi connectivity index (χ4v) is 3.58. The van der Waals surface area contributed by atoms with Crippen LogP contribution in [-0.4, -0.2) is 51.1 Å². The van der Waals surface area contributed by atoms with Gasteiger partial charge in [0.25, 0.3) is 0 Å². The van der Waals surface area contributed by atoms with E-state index in [1.165, 1.54) is 18.4 Å². The third-order valence-electron chi connectivity index (χ3n) is 5.04. The summed E-state index contributed by atoms with van der Waals surface area (Å²) in [5.41, 5.74) is 2.41. The van der Waals surface area contributed by atoms with Gasteiger partial charge in [-0.05, 0) is 55.8 Å². The van der Waals surface area contributed by atoms with Crippen LogP contribution < -0.4 is 4.90 Å². The van der Waals surface area contributed by atoms with Crippen LogP contribution in [0.1, 0.15) is 18.4 Å². The summed E-state index contributed by atoms with van der Waals surface area (Å²) < 4.78 is 1.88. The van der Waals surface area contributed by atoms with Crippen LogP contribution in [0.3, 0.4) is 0 Å². The van der Waals surface area contributed by atoms with E-state index in [9.17, 15) is 0 Å². The molecule has 0 bridgehead atoms. The number of anilines is 1. The third kappa shape index (κ3) is 3.75. The smallest absolute Gasteiger partial charge is 0.151 e. The highest BCUT2D eigenvalue weighted by atomic mass is 15.3. The van der Waals surface area contributed by atoms with Crippen LogP contribution in [0, 0.1) is 0 Å². The highest BCUT2D eigenvalue weighted by molar-refractivity contribution is 5.37. The predicted octanol–water partition coefficient (Wildman–Crippen LogP) is 2.76. The molecular weight excluding hydrogens is 324 g/mol. The second-order valence-corrected chi connectivity index (χ2v) is 6.86. The zero-order valence-corrected chi connectivity index (χ0v) is 15.1. The van der Waals surface area contributed by atoms with Gasteiger partial charge in [-0.25, -0.2) is 4.68 Å². The van der Waals surface area contributed by atoms with Crippen LogP contribution in [0.5, 0.6) is 0 Å². The van der Waals surface area contributed by atoms with Crippen molar-refractivity contribution in [2.45, 2.75) is 25.4 Å². The molecule has 1 saturated heterocycles. The molecule has 1 aliphatic heterocycles. The lowest BCUT2D eigenvalue weighted by Gasteiger charge is -2.38. The third-order valence-corrected chi connectivity index (χ3v) is 5.04. The summed E-state index contributed by atoms with van der Waals surface area (Å²) in [5.74, 6) is 0.981. The van der Waals surface area contributed by atoms with E-state index in [4.69, 9.17) is 0 Å². The van der Waals surface area contributed by atoms with Gasteiger partial charge in [-0.2, -0.15) is 10.2 Å². The maximum atomic E-state index is 4.28. The van der Waals surface area contributed by atoms with E-state index in [0.717, 1.165) is 31.1 Å². The fourth-order valence-electron chi connectivity index (χ4n) is 3.58. The van der Waals surface area contributed by atoms with Gasteiger partial charge in [0.1, 0.15) is 0 Å². The minimum atomic E-state index is 0.525. The summed E-state index contributed by atoms with van der Waals surface area (Å²) in [6.45, 7) is 3.00. The first kappa shape index (κ1) is 16.7. The van der Waals surface area contributed by atoms with Crippen molar-refractivity contribution in [1.29, 1.82) is 0 Å². The SMILES string of the molecule is CN(Cc1ccc(-n2cccn2)cc1)[C@H]1CCCN(c2cccnn2)C1. The van der Waals surface area contributed by atoms with E-state index in [-0.39, 0.29) is 0 Å². The summed E-state index contributed by atoms with van der Waals surface area (Å²) in [4.78, 5) is 4.80. The van der Waals surface area contributed by atoms with Crippen molar-refractivity contribution in [2.24, 2.45) is 0 Å². The molecule has 134 valence electrons. The van der Waals surface area contributed by atoms with Crippen LogP contribution in [0.15, 0.2) is 61.1 Å². The average molecular weight is 348 g/mol. The van der Waals surface area contributed by atoms with Crippen LogP contribution in [0.25, 0.3) is 5.69 Å². The molecule has 26 heavy (non-hydrogen) atoms. The van der Waals surface area contributed by atoms with Crippen LogP contribution in [-0.2, 0) is 6.54 Å². The van der Waals surface area contributed by atoms with Crippen LogP contribution in [0.4, 0.5) is 5.82 Å². The maximum Gasteiger partial charge on any atom is 0.151 e. The second-order valence-electron chi connectivity index (χ2n) is 6.86. The van der Waals surface area contributed by atoms with Gasteiger partial charge in [-0.15, -0.1) is 5.10 Å². The molecule has 0 radical (unpaired) electrons. The highest BCUT2D eigenvalue weighted by Crippen LogP contribution is 2.21. The van der Waals surface area contributed by atoms with E-state index < -0.39 is 0 Å². The van der Waals surface area contributed by atoms with Crippen molar-refractivity contribution in [3.8, 4) is 5.69 Å².